The van der Waals surface area contributed by atoms with Gasteiger partial charge in [0.1, 0.15) is 0 Å². The van der Waals surface area contributed by atoms with Gasteiger partial charge < -0.3 is 10.2 Å². The quantitative estimate of drug-likeness (QED) is 0.740. The van der Waals surface area contributed by atoms with E-state index in [4.69, 9.17) is 0 Å². The van der Waals surface area contributed by atoms with Crippen LogP contribution in [0.25, 0.3) is 0 Å². The molecule has 3 heteroatoms. The molecule has 2 saturated carbocycles. The van der Waals surface area contributed by atoms with Crippen molar-refractivity contribution in [3.05, 3.63) is 0 Å². The van der Waals surface area contributed by atoms with Gasteiger partial charge in [-0.3, -0.25) is 4.79 Å². The number of nitrogens with one attached hydrogen (secondary N) is 1. The highest BCUT2D eigenvalue weighted by molar-refractivity contribution is 5.84. The van der Waals surface area contributed by atoms with Crippen LogP contribution in [0.3, 0.4) is 0 Å². The van der Waals surface area contributed by atoms with E-state index in [1.54, 1.807) is 0 Å². The standard InChI is InChI=1S/C14H22N2O/c17-13(14-3-1-10(5-14)2-4-14)16-8-11-6-15-7-12(11)9-16/h10-12,15H,1-9H2. The Kier molecular flexibility index (Phi) is 2.11. The molecule has 94 valence electrons. The minimum Gasteiger partial charge on any atom is -0.342 e. The molecule has 4 fully saturated rings. The van der Waals surface area contributed by atoms with Crippen molar-refractivity contribution in [1.29, 1.82) is 0 Å². The number of amides is 1. The Hall–Kier alpha value is -0.570. The largest absolute Gasteiger partial charge is 0.342 e. The maximum absolute atomic E-state index is 12.8. The van der Waals surface area contributed by atoms with Gasteiger partial charge in [0.25, 0.3) is 0 Å². The molecule has 4 rings (SSSR count). The summed E-state index contributed by atoms with van der Waals surface area (Å²) in [6, 6.07) is 0. The van der Waals surface area contributed by atoms with Crippen LogP contribution in [0.2, 0.25) is 0 Å². The minimum atomic E-state index is 0.0940. The number of hydrogen-bond acceptors (Lipinski definition) is 2. The summed E-state index contributed by atoms with van der Waals surface area (Å²) in [7, 11) is 0. The van der Waals surface area contributed by atoms with Gasteiger partial charge >= 0.3 is 0 Å². The molecule has 0 radical (unpaired) electrons. The van der Waals surface area contributed by atoms with E-state index in [9.17, 15) is 4.79 Å². The van der Waals surface area contributed by atoms with Gasteiger partial charge in [-0.05, 0) is 49.9 Å². The van der Waals surface area contributed by atoms with Crippen LogP contribution in [0.15, 0.2) is 0 Å². The maximum atomic E-state index is 12.8. The van der Waals surface area contributed by atoms with E-state index < -0.39 is 0 Å². The predicted octanol–water partition coefficient (Wildman–Crippen LogP) is 1.24. The van der Waals surface area contributed by atoms with Gasteiger partial charge in [-0.25, -0.2) is 0 Å². The van der Waals surface area contributed by atoms with Crippen LogP contribution < -0.4 is 5.32 Å². The number of likely N-dealkylation sites (tertiary alicyclic amines) is 1. The van der Waals surface area contributed by atoms with Gasteiger partial charge in [-0.15, -0.1) is 0 Å². The van der Waals surface area contributed by atoms with E-state index >= 15 is 0 Å². The molecule has 2 aliphatic heterocycles. The summed E-state index contributed by atoms with van der Waals surface area (Å²) in [5.74, 6) is 2.89. The number of hydrogen-bond donors (Lipinski definition) is 1. The van der Waals surface area contributed by atoms with E-state index in [0.717, 1.165) is 43.9 Å². The third kappa shape index (κ3) is 1.41. The summed E-state index contributed by atoms with van der Waals surface area (Å²) in [6.45, 7) is 4.32. The normalized spacial score (nSPS) is 47.8. The molecule has 0 aromatic carbocycles. The van der Waals surface area contributed by atoms with Gasteiger partial charge in [0, 0.05) is 31.6 Å². The van der Waals surface area contributed by atoms with Crippen LogP contribution in [0.5, 0.6) is 0 Å². The Balaban J connectivity index is 1.50. The molecule has 4 aliphatic rings. The Morgan fingerprint density at radius 1 is 1.12 bits per heavy atom. The first-order valence-electron chi connectivity index (χ1n) is 7.27. The molecule has 2 atom stereocenters. The Bertz CT molecular complexity index is 334. The van der Waals surface area contributed by atoms with Crippen LogP contribution >= 0.6 is 0 Å². The molecule has 3 nitrogen and oxygen atoms in total. The first-order chi connectivity index (χ1) is 8.27. The van der Waals surface area contributed by atoms with Crippen LogP contribution in [-0.2, 0) is 4.79 Å². The number of nitrogens with zero attached hydrogens (tertiary/aromatic N) is 1. The topological polar surface area (TPSA) is 32.3 Å². The second kappa shape index (κ2) is 3.47. The predicted molar refractivity (Wildman–Crippen MR) is 65.4 cm³/mol. The molecule has 0 aromatic rings. The van der Waals surface area contributed by atoms with Gasteiger partial charge in [0.05, 0.1) is 0 Å². The van der Waals surface area contributed by atoms with Crippen molar-refractivity contribution in [2.45, 2.75) is 32.1 Å². The van der Waals surface area contributed by atoms with E-state index in [-0.39, 0.29) is 5.41 Å². The van der Waals surface area contributed by atoms with Crippen molar-refractivity contribution in [3.63, 3.8) is 0 Å². The highest BCUT2D eigenvalue weighted by Crippen LogP contribution is 2.55. The van der Waals surface area contributed by atoms with Gasteiger partial charge in [-0.2, -0.15) is 0 Å². The lowest BCUT2D eigenvalue weighted by molar-refractivity contribution is -0.140. The molecule has 2 aliphatic carbocycles. The fraction of sp³-hybridized carbons (Fsp3) is 0.929. The van der Waals surface area contributed by atoms with Crippen molar-refractivity contribution in [2.24, 2.45) is 23.2 Å². The molecule has 1 amide bonds. The van der Waals surface area contributed by atoms with Crippen LogP contribution in [-0.4, -0.2) is 37.0 Å². The lowest BCUT2D eigenvalue weighted by atomic mass is 9.83. The van der Waals surface area contributed by atoms with E-state index in [0.29, 0.717) is 5.91 Å². The van der Waals surface area contributed by atoms with Crippen LogP contribution in [0.1, 0.15) is 32.1 Å². The number of rotatable bonds is 1. The van der Waals surface area contributed by atoms with E-state index in [2.05, 4.69) is 10.2 Å². The van der Waals surface area contributed by atoms with Crippen molar-refractivity contribution < 1.29 is 4.79 Å². The molecule has 1 N–H and O–H groups in total. The third-order valence-corrected chi connectivity index (χ3v) is 5.87. The lowest BCUT2D eigenvalue weighted by Crippen LogP contribution is -2.41. The van der Waals surface area contributed by atoms with Gasteiger partial charge in [0.15, 0.2) is 0 Å². The lowest BCUT2D eigenvalue weighted by Gasteiger charge is -2.31. The summed E-state index contributed by atoms with van der Waals surface area (Å²) in [5, 5.41) is 3.45. The third-order valence-electron chi connectivity index (χ3n) is 5.87. The highest BCUT2D eigenvalue weighted by atomic mass is 16.2. The Morgan fingerprint density at radius 3 is 2.29 bits per heavy atom. The molecule has 2 unspecified atom stereocenters. The summed E-state index contributed by atoms with van der Waals surface area (Å²) in [4.78, 5) is 15.0. The zero-order valence-electron chi connectivity index (χ0n) is 10.5. The fourth-order valence-electron chi connectivity index (χ4n) is 4.85. The summed E-state index contributed by atoms with van der Waals surface area (Å²) in [5.41, 5.74) is 0.0940. The van der Waals surface area contributed by atoms with Crippen molar-refractivity contribution >= 4 is 5.91 Å². The average Bonchev–Trinajstić information content (AvgIpc) is 3.07. The molecule has 0 spiro atoms. The number of carbonyl (C=O) groups excluding carboxylic acids is 1. The molecule has 17 heavy (non-hydrogen) atoms. The minimum absolute atomic E-state index is 0.0940. The summed E-state index contributed by atoms with van der Waals surface area (Å²) < 4.78 is 0. The fourth-order valence-corrected chi connectivity index (χ4v) is 4.85. The molecule has 2 bridgehead atoms. The molecule has 0 aromatic heterocycles. The van der Waals surface area contributed by atoms with E-state index in [1.807, 2.05) is 0 Å². The number of carbonyl (C=O) groups is 1. The second-order valence-corrected chi connectivity index (χ2v) is 6.82. The average molecular weight is 234 g/mol. The Labute approximate surface area is 103 Å². The smallest absolute Gasteiger partial charge is 0.228 e. The monoisotopic (exact) mass is 234 g/mol. The first kappa shape index (κ1) is 10.4. The van der Waals surface area contributed by atoms with E-state index in [1.165, 1.54) is 32.1 Å². The molecular weight excluding hydrogens is 212 g/mol. The highest BCUT2D eigenvalue weighted by Gasteiger charge is 2.53. The van der Waals surface area contributed by atoms with Crippen molar-refractivity contribution in [1.82, 2.24) is 10.2 Å². The molecular formula is C14H22N2O. The van der Waals surface area contributed by atoms with Crippen molar-refractivity contribution in [3.8, 4) is 0 Å². The molecule has 2 saturated heterocycles. The second-order valence-electron chi connectivity index (χ2n) is 6.82. The van der Waals surface area contributed by atoms with Crippen LogP contribution in [0.4, 0.5) is 0 Å². The number of fused-ring (bicyclic) bond motifs is 3. The summed E-state index contributed by atoms with van der Waals surface area (Å²) >= 11 is 0. The zero-order chi connectivity index (χ0) is 11.5. The summed E-state index contributed by atoms with van der Waals surface area (Å²) in [6.07, 6.45) is 6.19. The molecule has 2 heterocycles. The SMILES string of the molecule is O=C(N1CC2CNCC2C1)C12CCC(CC1)C2. The van der Waals surface area contributed by atoms with Gasteiger partial charge in [0.2, 0.25) is 5.91 Å². The maximum Gasteiger partial charge on any atom is 0.228 e. The Morgan fingerprint density at radius 2 is 1.76 bits per heavy atom. The van der Waals surface area contributed by atoms with Crippen molar-refractivity contribution in [2.75, 3.05) is 26.2 Å². The van der Waals surface area contributed by atoms with Gasteiger partial charge in [-0.1, -0.05) is 0 Å². The zero-order valence-corrected chi connectivity index (χ0v) is 10.5. The first-order valence-corrected chi connectivity index (χ1v) is 7.27. The van der Waals surface area contributed by atoms with Crippen LogP contribution in [0, 0.1) is 23.2 Å².